The summed E-state index contributed by atoms with van der Waals surface area (Å²) in [6.45, 7) is 2.45. The Morgan fingerprint density at radius 1 is 1.30 bits per heavy atom. The number of aryl methyl sites for hydroxylation is 2. The number of imidazole rings is 1. The van der Waals surface area contributed by atoms with Crippen LogP contribution in [0.25, 0.3) is 11.4 Å². The molecule has 2 heterocycles. The highest BCUT2D eigenvalue weighted by atomic mass is 32.1. The second-order valence-electron chi connectivity index (χ2n) is 5.13. The van der Waals surface area contributed by atoms with E-state index < -0.39 is 0 Å². The number of nitrogens with zero attached hydrogens (tertiary/aromatic N) is 4. The zero-order chi connectivity index (χ0) is 16.2. The number of rotatable bonds is 5. The van der Waals surface area contributed by atoms with E-state index in [4.69, 9.17) is 0 Å². The minimum Gasteiger partial charge on any atom is -0.352 e. The standard InChI is InChI=1S/C16H17N5OS/c1-11-19-20-14(23-11)7-8-18-16(22)13-6-4-3-5-12(13)15-17-9-10-21(15)2/h3-6,9-10H,7-8H2,1-2H3,(H,18,22). The number of hydrogen-bond donors (Lipinski definition) is 1. The lowest BCUT2D eigenvalue weighted by atomic mass is 10.1. The maximum Gasteiger partial charge on any atom is 0.252 e. The summed E-state index contributed by atoms with van der Waals surface area (Å²) in [6.07, 6.45) is 4.27. The molecule has 0 fully saturated rings. The zero-order valence-electron chi connectivity index (χ0n) is 13.0. The van der Waals surface area contributed by atoms with Crippen molar-refractivity contribution >= 4 is 17.2 Å². The summed E-state index contributed by atoms with van der Waals surface area (Å²) in [7, 11) is 1.91. The Labute approximate surface area is 138 Å². The average molecular weight is 327 g/mol. The monoisotopic (exact) mass is 327 g/mol. The molecule has 0 bridgehead atoms. The van der Waals surface area contributed by atoms with Crippen LogP contribution in [-0.4, -0.2) is 32.2 Å². The van der Waals surface area contributed by atoms with Crippen LogP contribution in [0, 0.1) is 6.92 Å². The minimum absolute atomic E-state index is 0.107. The molecule has 0 aliphatic carbocycles. The zero-order valence-corrected chi connectivity index (χ0v) is 13.8. The van der Waals surface area contributed by atoms with E-state index in [0.29, 0.717) is 18.5 Å². The molecule has 2 aromatic heterocycles. The van der Waals surface area contributed by atoms with Gasteiger partial charge in [0.05, 0.1) is 5.56 Å². The molecule has 1 amide bonds. The predicted octanol–water partition coefficient (Wildman–Crippen LogP) is 2.22. The van der Waals surface area contributed by atoms with E-state index in [9.17, 15) is 4.79 Å². The van der Waals surface area contributed by atoms with Crippen LogP contribution in [-0.2, 0) is 13.5 Å². The number of aromatic nitrogens is 4. The summed E-state index contributed by atoms with van der Waals surface area (Å²) in [5.41, 5.74) is 1.44. The summed E-state index contributed by atoms with van der Waals surface area (Å²) in [5, 5.41) is 12.8. The Kier molecular flexibility index (Phi) is 4.47. The fourth-order valence-electron chi connectivity index (χ4n) is 2.32. The lowest BCUT2D eigenvalue weighted by Gasteiger charge is -2.09. The van der Waals surface area contributed by atoms with E-state index in [0.717, 1.165) is 21.4 Å². The van der Waals surface area contributed by atoms with Crippen LogP contribution in [0.5, 0.6) is 0 Å². The first-order valence-corrected chi connectivity index (χ1v) is 8.10. The third-order valence-electron chi connectivity index (χ3n) is 3.43. The van der Waals surface area contributed by atoms with Gasteiger partial charge in [0.25, 0.3) is 5.91 Å². The fourth-order valence-corrected chi connectivity index (χ4v) is 3.03. The molecule has 118 valence electrons. The Morgan fingerprint density at radius 2 is 2.13 bits per heavy atom. The molecule has 3 aromatic rings. The van der Waals surface area contributed by atoms with E-state index in [2.05, 4.69) is 20.5 Å². The van der Waals surface area contributed by atoms with Crippen molar-refractivity contribution in [2.24, 2.45) is 7.05 Å². The van der Waals surface area contributed by atoms with Crippen LogP contribution >= 0.6 is 11.3 Å². The second-order valence-corrected chi connectivity index (χ2v) is 6.39. The summed E-state index contributed by atoms with van der Waals surface area (Å²) in [4.78, 5) is 16.8. The Bertz CT molecular complexity index is 823. The topological polar surface area (TPSA) is 72.7 Å². The lowest BCUT2D eigenvalue weighted by Crippen LogP contribution is -2.26. The van der Waals surface area contributed by atoms with Crippen molar-refractivity contribution in [3.05, 3.63) is 52.2 Å². The summed E-state index contributed by atoms with van der Waals surface area (Å²) in [5.74, 6) is 0.667. The molecular formula is C16H17N5OS. The maximum absolute atomic E-state index is 12.5. The van der Waals surface area contributed by atoms with Gasteiger partial charge in [-0.15, -0.1) is 21.5 Å². The average Bonchev–Trinajstić information content (AvgIpc) is 3.15. The molecule has 7 heteroatoms. The van der Waals surface area contributed by atoms with Gasteiger partial charge in [-0.2, -0.15) is 0 Å². The quantitative estimate of drug-likeness (QED) is 0.780. The Balaban J connectivity index is 1.71. The van der Waals surface area contributed by atoms with Crippen LogP contribution in [0.15, 0.2) is 36.7 Å². The van der Waals surface area contributed by atoms with Gasteiger partial charge in [0, 0.05) is 38.0 Å². The van der Waals surface area contributed by atoms with E-state index in [1.165, 1.54) is 0 Å². The lowest BCUT2D eigenvalue weighted by molar-refractivity contribution is 0.0954. The number of carbonyl (C=O) groups excluding carboxylic acids is 1. The summed E-state index contributed by atoms with van der Waals surface area (Å²) in [6, 6.07) is 7.49. The third kappa shape index (κ3) is 3.45. The Hall–Kier alpha value is -2.54. The molecule has 3 rings (SSSR count). The molecule has 6 nitrogen and oxygen atoms in total. The second kappa shape index (κ2) is 6.70. The summed E-state index contributed by atoms with van der Waals surface area (Å²) >= 11 is 1.55. The highest BCUT2D eigenvalue weighted by molar-refractivity contribution is 7.11. The first kappa shape index (κ1) is 15.4. The largest absolute Gasteiger partial charge is 0.352 e. The van der Waals surface area contributed by atoms with E-state index >= 15 is 0 Å². The molecule has 0 radical (unpaired) electrons. The van der Waals surface area contributed by atoms with Crippen LogP contribution in [0.4, 0.5) is 0 Å². The van der Waals surface area contributed by atoms with Crippen molar-refractivity contribution in [2.45, 2.75) is 13.3 Å². The van der Waals surface area contributed by atoms with E-state index in [1.807, 2.05) is 49.0 Å². The smallest absolute Gasteiger partial charge is 0.252 e. The van der Waals surface area contributed by atoms with Gasteiger partial charge in [-0.1, -0.05) is 18.2 Å². The fraction of sp³-hybridized carbons (Fsp3) is 0.250. The molecule has 0 saturated carbocycles. The van der Waals surface area contributed by atoms with Gasteiger partial charge in [-0.05, 0) is 13.0 Å². The molecular weight excluding hydrogens is 310 g/mol. The molecule has 0 aliphatic rings. The highest BCUT2D eigenvalue weighted by Gasteiger charge is 2.14. The SMILES string of the molecule is Cc1nnc(CCNC(=O)c2ccccc2-c2nccn2C)s1. The number of nitrogens with one attached hydrogen (secondary N) is 1. The summed E-state index contributed by atoms with van der Waals surface area (Å²) < 4.78 is 1.90. The Morgan fingerprint density at radius 3 is 2.83 bits per heavy atom. The van der Waals surface area contributed by atoms with Gasteiger partial charge in [-0.25, -0.2) is 4.98 Å². The molecule has 0 aliphatic heterocycles. The molecule has 1 aromatic carbocycles. The normalized spacial score (nSPS) is 10.7. The third-order valence-corrected chi connectivity index (χ3v) is 4.32. The van der Waals surface area contributed by atoms with Gasteiger partial charge < -0.3 is 9.88 Å². The van der Waals surface area contributed by atoms with Crippen molar-refractivity contribution in [1.82, 2.24) is 25.1 Å². The van der Waals surface area contributed by atoms with Gasteiger partial charge in [0.1, 0.15) is 15.8 Å². The van der Waals surface area contributed by atoms with Crippen molar-refractivity contribution in [3.63, 3.8) is 0 Å². The molecule has 0 unspecified atom stereocenters. The van der Waals surface area contributed by atoms with Gasteiger partial charge in [-0.3, -0.25) is 4.79 Å². The first-order chi connectivity index (χ1) is 11.1. The van der Waals surface area contributed by atoms with Crippen LogP contribution in [0.3, 0.4) is 0 Å². The van der Waals surface area contributed by atoms with E-state index in [1.54, 1.807) is 17.5 Å². The number of carbonyl (C=O) groups is 1. The van der Waals surface area contributed by atoms with Crippen molar-refractivity contribution in [3.8, 4) is 11.4 Å². The van der Waals surface area contributed by atoms with Crippen molar-refractivity contribution in [1.29, 1.82) is 0 Å². The van der Waals surface area contributed by atoms with Gasteiger partial charge in [0.2, 0.25) is 0 Å². The van der Waals surface area contributed by atoms with Crippen molar-refractivity contribution < 1.29 is 4.79 Å². The van der Waals surface area contributed by atoms with Crippen LogP contribution < -0.4 is 5.32 Å². The molecule has 0 spiro atoms. The van der Waals surface area contributed by atoms with Crippen LogP contribution in [0.1, 0.15) is 20.4 Å². The number of hydrogen-bond acceptors (Lipinski definition) is 5. The van der Waals surface area contributed by atoms with E-state index in [-0.39, 0.29) is 5.91 Å². The molecule has 1 N–H and O–H groups in total. The predicted molar refractivity (Wildman–Crippen MR) is 89.3 cm³/mol. The first-order valence-electron chi connectivity index (χ1n) is 7.29. The van der Waals surface area contributed by atoms with Gasteiger partial charge in [0.15, 0.2) is 0 Å². The maximum atomic E-state index is 12.5. The highest BCUT2D eigenvalue weighted by Crippen LogP contribution is 2.21. The number of amides is 1. The molecule has 0 atom stereocenters. The molecule has 0 saturated heterocycles. The number of benzene rings is 1. The molecule has 23 heavy (non-hydrogen) atoms. The minimum atomic E-state index is -0.107. The van der Waals surface area contributed by atoms with Gasteiger partial charge >= 0.3 is 0 Å². The van der Waals surface area contributed by atoms with Crippen molar-refractivity contribution in [2.75, 3.05) is 6.54 Å². The van der Waals surface area contributed by atoms with Crippen LogP contribution in [0.2, 0.25) is 0 Å².